The quantitative estimate of drug-likeness (QED) is 0.567. The van der Waals surface area contributed by atoms with Gasteiger partial charge in [0.2, 0.25) is 5.91 Å². The summed E-state index contributed by atoms with van der Waals surface area (Å²) in [5.74, 6) is -0.370. The summed E-state index contributed by atoms with van der Waals surface area (Å²) in [5, 5.41) is 8.32. The molecule has 62 valence electrons. The number of amides is 1. The number of rotatable bonds is 4. The first-order valence-electron chi connectivity index (χ1n) is 3.50. The molecule has 0 aliphatic rings. The van der Waals surface area contributed by atoms with Crippen LogP contribution in [0, 0.1) is 11.3 Å². The molecule has 1 unspecified atom stereocenters. The number of primary amides is 1. The van der Waals surface area contributed by atoms with E-state index in [9.17, 15) is 4.79 Å². The normalized spacial score (nSPS) is 12.5. The van der Waals surface area contributed by atoms with E-state index >= 15 is 0 Å². The Morgan fingerprint density at radius 1 is 1.82 bits per heavy atom. The van der Waals surface area contributed by atoms with E-state index < -0.39 is 0 Å². The van der Waals surface area contributed by atoms with Crippen LogP contribution in [0.1, 0.15) is 13.3 Å². The van der Waals surface area contributed by atoms with Gasteiger partial charge < -0.3 is 5.73 Å². The van der Waals surface area contributed by atoms with Gasteiger partial charge >= 0.3 is 0 Å². The molecule has 0 saturated heterocycles. The molecule has 0 aliphatic heterocycles. The van der Waals surface area contributed by atoms with Crippen LogP contribution < -0.4 is 5.73 Å². The number of carbonyl (C=O) groups is 1. The van der Waals surface area contributed by atoms with E-state index in [0.29, 0.717) is 6.42 Å². The molecule has 0 rings (SSSR count). The van der Waals surface area contributed by atoms with Crippen LogP contribution >= 0.6 is 0 Å². The van der Waals surface area contributed by atoms with Crippen LogP contribution in [0.15, 0.2) is 0 Å². The molecule has 0 aliphatic carbocycles. The Labute approximate surface area is 66.6 Å². The minimum Gasteiger partial charge on any atom is -0.368 e. The lowest BCUT2D eigenvalue weighted by molar-refractivity contribution is -0.122. The predicted octanol–water partition coefficient (Wildman–Crippen LogP) is -0.294. The van der Waals surface area contributed by atoms with Gasteiger partial charge in [-0.25, -0.2) is 0 Å². The van der Waals surface area contributed by atoms with Crippen molar-refractivity contribution in [2.45, 2.75) is 19.4 Å². The van der Waals surface area contributed by atoms with Crippen molar-refractivity contribution >= 4 is 5.91 Å². The highest BCUT2D eigenvalue weighted by molar-refractivity contribution is 5.79. The number of nitrogens with two attached hydrogens (primary N) is 1. The maximum atomic E-state index is 10.7. The van der Waals surface area contributed by atoms with Gasteiger partial charge in [0.05, 0.1) is 18.7 Å². The van der Waals surface area contributed by atoms with Crippen molar-refractivity contribution < 1.29 is 4.79 Å². The Kier molecular flexibility index (Phi) is 4.23. The third kappa shape index (κ3) is 3.01. The predicted molar refractivity (Wildman–Crippen MR) is 41.5 cm³/mol. The molecule has 4 nitrogen and oxygen atoms in total. The third-order valence-electron chi connectivity index (χ3n) is 1.57. The Balaban J connectivity index is 4.04. The number of carbonyl (C=O) groups excluding carboxylic acids is 1. The van der Waals surface area contributed by atoms with Crippen molar-refractivity contribution in [1.29, 1.82) is 5.26 Å². The molecule has 4 heteroatoms. The minimum absolute atomic E-state index is 0.238. The van der Waals surface area contributed by atoms with E-state index in [1.54, 1.807) is 11.9 Å². The summed E-state index contributed by atoms with van der Waals surface area (Å²) in [6, 6.07) is 1.64. The van der Waals surface area contributed by atoms with Crippen LogP contribution in [-0.4, -0.2) is 30.4 Å². The minimum atomic E-state index is -0.370. The summed E-state index contributed by atoms with van der Waals surface area (Å²) >= 11 is 0. The van der Waals surface area contributed by atoms with Crippen LogP contribution in [0.3, 0.4) is 0 Å². The molecule has 0 radical (unpaired) electrons. The molecule has 0 aromatic rings. The molecule has 1 atom stereocenters. The molecule has 0 heterocycles. The Hall–Kier alpha value is -1.08. The molecule has 0 fully saturated rings. The monoisotopic (exact) mass is 155 g/mol. The first kappa shape index (κ1) is 9.92. The number of nitrogens with zero attached hydrogens (tertiary/aromatic N) is 2. The largest absolute Gasteiger partial charge is 0.368 e. The molecule has 0 aromatic heterocycles. The van der Waals surface area contributed by atoms with Crippen LogP contribution in [0.2, 0.25) is 0 Å². The highest BCUT2D eigenvalue weighted by atomic mass is 16.1. The maximum Gasteiger partial charge on any atom is 0.234 e. The molecule has 0 saturated carbocycles. The smallest absolute Gasteiger partial charge is 0.234 e. The SMILES string of the molecule is CCC(C(N)=O)N(C)CC#N. The van der Waals surface area contributed by atoms with Crippen molar-refractivity contribution in [3.05, 3.63) is 0 Å². The third-order valence-corrected chi connectivity index (χ3v) is 1.57. The number of nitriles is 1. The van der Waals surface area contributed by atoms with Gasteiger partial charge in [0, 0.05) is 0 Å². The second kappa shape index (κ2) is 4.69. The zero-order valence-electron chi connectivity index (χ0n) is 6.87. The second-order valence-electron chi connectivity index (χ2n) is 2.40. The first-order valence-corrected chi connectivity index (χ1v) is 3.50. The standard InChI is InChI=1S/C7H13N3O/c1-3-6(7(9)11)10(2)5-4-8/h6H,3,5H2,1-2H3,(H2,9,11). The van der Waals surface area contributed by atoms with Crippen molar-refractivity contribution in [1.82, 2.24) is 4.90 Å². The Bertz CT molecular complexity index is 173. The number of likely N-dealkylation sites (N-methyl/N-ethyl adjacent to an activating group) is 1. The van der Waals surface area contributed by atoms with Crippen molar-refractivity contribution in [2.24, 2.45) is 5.73 Å². The maximum absolute atomic E-state index is 10.7. The van der Waals surface area contributed by atoms with E-state index in [-0.39, 0.29) is 18.5 Å². The lowest BCUT2D eigenvalue weighted by Crippen LogP contribution is -2.42. The molecule has 0 aromatic carbocycles. The van der Waals surface area contributed by atoms with Crippen LogP contribution in [0.4, 0.5) is 0 Å². The van der Waals surface area contributed by atoms with E-state index in [2.05, 4.69) is 0 Å². The molecule has 1 amide bonds. The summed E-state index contributed by atoms with van der Waals surface area (Å²) in [5.41, 5.74) is 5.09. The highest BCUT2D eigenvalue weighted by Crippen LogP contribution is 1.98. The first-order chi connectivity index (χ1) is 5.13. The zero-order chi connectivity index (χ0) is 8.85. The van der Waals surface area contributed by atoms with E-state index in [4.69, 9.17) is 11.0 Å². The van der Waals surface area contributed by atoms with Gasteiger partial charge in [0.15, 0.2) is 0 Å². The fourth-order valence-corrected chi connectivity index (χ4v) is 0.952. The summed E-state index contributed by atoms with van der Waals surface area (Å²) in [7, 11) is 1.71. The van der Waals surface area contributed by atoms with Gasteiger partial charge in [-0.3, -0.25) is 9.69 Å². The van der Waals surface area contributed by atoms with Crippen LogP contribution in [0.5, 0.6) is 0 Å². The fraction of sp³-hybridized carbons (Fsp3) is 0.714. The van der Waals surface area contributed by atoms with Gasteiger partial charge in [-0.1, -0.05) is 6.92 Å². The number of hydrogen-bond donors (Lipinski definition) is 1. The topological polar surface area (TPSA) is 70.1 Å². The lowest BCUT2D eigenvalue weighted by Gasteiger charge is -2.20. The van der Waals surface area contributed by atoms with E-state index in [0.717, 1.165) is 0 Å². The molecule has 11 heavy (non-hydrogen) atoms. The summed E-state index contributed by atoms with van der Waals surface area (Å²) in [4.78, 5) is 12.4. The Morgan fingerprint density at radius 3 is 2.64 bits per heavy atom. The van der Waals surface area contributed by atoms with Crippen molar-refractivity contribution in [2.75, 3.05) is 13.6 Å². The summed E-state index contributed by atoms with van der Waals surface area (Å²) in [6.07, 6.45) is 0.646. The molecular weight excluding hydrogens is 142 g/mol. The summed E-state index contributed by atoms with van der Waals surface area (Å²) in [6.45, 7) is 2.10. The van der Waals surface area contributed by atoms with Gasteiger partial charge in [-0.15, -0.1) is 0 Å². The van der Waals surface area contributed by atoms with E-state index in [1.807, 2.05) is 13.0 Å². The van der Waals surface area contributed by atoms with Crippen LogP contribution in [0.25, 0.3) is 0 Å². The Morgan fingerprint density at radius 2 is 2.36 bits per heavy atom. The average molecular weight is 155 g/mol. The van der Waals surface area contributed by atoms with Gasteiger partial charge in [0.25, 0.3) is 0 Å². The highest BCUT2D eigenvalue weighted by Gasteiger charge is 2.17. The van der Waals surface area contributed by atoms with E-state index in [1.165, 1.54) is 0 Å². The lowest BCUT2D eigenvalue weighted by atomic mass is 10.2. The molecular formula is C7H13N3O. The zero-order valence-corrected chi connectivity index (χ0v) is 6.87. The molecule has 0 spiro atoms. The molecule has 2 N–H and O–H groups in total. The van der Waals surface area contributed by atoms with Gasteiger partial charge in [-0.2, -0.15) is 5.26 Å². The van der Waals surface area contributed by atoms with Crippen molar-refractivity contribution in [3.8, 4) is 6.07 Å². The molecule has 0 bridgehead atoms. The number of hydrogen-bond acceptors (Lipinski definition) is 3. The second-order valence-corrected chi connectivity index (χ2v) is 2.40. The van der Waals surface area contributed by atoms with Gasteiger partial charge in [0.1, 0.15) is 0 Å². The average Bonchev–Trinajstić information content (AvgIpc) is 1.88. The van der Waals surface area contributed by atoms with Crippen LogP contribution in [-0.2, 0) is 4.79 Å². The van der Waals surface area contributed by atoms with Crippen molar-refractivity contribution in [3.63, 3.8) is 0 Å². The fourth-order valence-electron chi connectivity index (χ4n) is 0.952. The summed E-state index contributed by atoms with van der Waals surface area (Å²) < 4.78 is 0. The van der Waals surface area contributed by atoms with Gasteiger partial charge in [-0.05, 0) is 13.5 Å².